The molecule has 4 heteroatoms. The number of hydrogen-bond donors (Lipinski definition) is 0. The summed E-state index contributed by atoms with van der Waals surface area (Å²) >= 11 is 7.99. The standard InChI is InChI=1S/C11H20ClNOS/c1-3-10(12)11(14)13(4-2)9-5-7-15-8-6-9/h9-10H,3-8H2,1-2H3. The Morgan fingerprint density at radius 2 is 2.07 bits per heavy atom. The monoisotopic (exact) mass is 249 g/mol. The number of nitrogens with zero attached hydrogens (tertiary/aromatic N) is 1. The molecule has 1 atom stereocenters. The molecule has 1 saturated heterocycles. The fourth-order valence-electron chi connectivity index (χ4n) is 1.95. The van der Waals surface area contributed by atoms with Crippen molar-refractivity contribution in [3.63, 3.8) is 0 Å². The van der Waals surface area contributed by atoms with Crippen molar-refractivity contribution in [2.45, 2.75) is 44.5 Å². The zero-order chi connectivity index (χ0) is 11.3. The van der Waals surface area contributed by atoms with Gasteiger partial charge in [0.1, 0.15) is 5.38 Å². The third-order valence-corrected chi connectivity index (χ3v) is 4.43. The molecule has 1 fully saturated rings. The maximum Gasteiger partial charge on any atom is 0.240 e. The van der Waals surface area contributed by atoms with Crippen LogP contribution in [-0.4, -0.2) is 40.3 Å². The fraction of sp³-hybridized carbons (Fsp3) is 0.909. The summed E-state index contributed by atoms with van der Waals surface area (Å²) in [6.07, 6.45) is 2.97. The smallest absolute Gasteiger partial charge is 0.240 e. The third-order valence-electron chi connectivity index (χ3n) is 2.88. The minimum atomic E-state index is -0.334. The Balaban J connectivity index is 2.56. The van der Waals surface area contributed by atoms with Crippen molar-refractivity contribution in [3.8, 4) is 0 Å². The van der Waals surface area contributed by atoms with Gasteiger partial charge >= 0.3 is 0 Å². The highest BCUT2D eigenvalue weighted by Gasteiger charge is 2.27. The molecule has 0 aromatic carbocycles. The normalized spacial score (nSPS) is 19.9. The Hall–Kier alpha value is 0.110. The largest absolute Gasteiger partial charge is 0.339 e. The highest BCUT2D eigenvalue weighted by atomic mass is 35.5. The molecule has 1 rings (SSSR count). The molecule has 1 aliphatic rings. The summed E-state index contributed by atoms with van der Waals surface area (Å²) in [6, 6.07) is 0.427. The van der Waals surface area contributed by atoms with E-state index in [0.29, 0.717) is 6.04 Å². The number of hydrogen-bond acceptors (Lipinski definition) is 2. The van der Waals surface area contributed by atoms with Gasteiger partial charge in [0, 0.05) is 12.6 Å². The van der Waals surface area contributed by atoms with Gasteiger partial charge in [0.2, 0.25) is 5.91 Å². The van der Waals surface area contributed by atoms with Crippen LogP contribution in [0.4, 0.5) is 0 Å². The van der Waals surface area contributed by atoms with Crippen molar-refractivity contribution in [1.29, 1.82) is 0 Å². The van der Waals surface area contributed by atoms with Crippen LogP contribution in [0.25, 0.3) is 0 Å². The summed E-state index contributed by atoms with van der Waals surface area (Å²) in [6.45, 7) is 4.79. The number of amides is 1. The van der Waals surface area contributed by atoms with Gasteiger partial charge in [0.05, 0.1) is 0 Å². The molecule has 0 aliphatic carbocycles. The van der Waals surface area contributed by atoms with Crippen LogP contribution in [0.2, 0.25) is 0 Å². The number of alkyl halides is 1. The van der Waals surface area contributed by atoms with Crippen molar-refractivity contribution < 1.29 is 4.79 Å². The second kappa shape index (κ2) is 6.64. The second-order valence-corrected chi connectivity index (χ2v) is 5.60. The van der Waals surface area contributed by atoms with Crippen LogP contribution in [0.3, 0.4) is 0 Å². The van der Waals surface area contributed by atoms with Gasteiger partial charge < -0.3 is 4.90 Å². The summed E-state index contributed by atoms with van der Waals surface area (Å²) in [4.78, 5) is 14.0. The number of carbonyl (C=O) groups is 1. The highest BCUT2D eigenvalue weighted by molar-refractivity contribution is 7.99. The van der Waals surface area contributed by atoms with Crippen molar-refractivity contribution in [3.05, 3.63) is 0 Å². The van der Waals surface area contributed by atoms with Crippen LogP contribution in [0.5, 0.6) is 0 Å². The van der Waals surface area contributed by atoms with E-state index in [0.717, 1.165) is 25.8 Å². The van der Waals surface area contributed by atoms with Crippen LogP contribution in [-0.2, 0) is 4.79 Å². The summed E-state index contributed by atoms with van der Waals surface area (Å²) in [7, 11) is 0. The van der Waals surface area contributed by atoms with Crippen LogP contribution in [0.1, 0.15) is 33.1 Å². The Kier molecular flexibility index (Phi) is 5.83. The maximum atomic E-state index is 12.0. The quantitative estimate of drug-likeness (QED) is 0.715. The first kappa shape index (κ1) is 13.2. The van der Waals surface area contributed by atoms with Crippen molar-refractivity contribution in [1.82, 2.24) is 4.90 Å². The number of carbonyl (C=O) groups excluding carboxylic acids is 1. The van der Waals surface area contributed by atoms with Gasteiger partial charge in [0.25, 0.3) is 0 Å². The zero-order valence-electron chi connectivity index (χ0n) is 9.54. The van der Waals surface area contributed by atoms with E-state index in [2.05, 4.69) is 0 Å². The van der Waals surface area contributed by atoms with Crippen molar-refractivity contribution in [2.24, 2.45) is 0 Å². The van der Waals surface area contributed by atoms with Gasteiger partial charge in [-0.15, -0.1) is 11.6 Å². The summed E-state index contributed by atoms with van der Waals surface area (Å²) < 4.78 is 0. The Morgan fingerprint density at radius 1 is 1.47 bits per heavy atom. The first-order valence-corrected chi connectivity index (χ1v) is 7.32. The topological polar surface area (TPSA) is 20.3 Å². The Morgan fingerprint density at radius 3 is 2.53 bits per heavy atom. The van der Waals surface area contributed by atoms with Crippen molar-refractivity contribution in [2.75, 3.05) is 18.1 Å². The average Bonchev–Trinajstić information content (AvgIpc) is 2.30. The molecule has 0 radical (unpaired) electrons. The molecule has 15 heavy (non-hydrogen) atoms. The molecule has 0 N–H and O–H groups in total. The van der Waals surface area contributed by atoms with E-state index < -0.39 is 0 Å². The highest BCUT2D eigenvalue weighted by Crippen LogP contribution is 2.23. The van der Waals surface area contributed by atoms with E-state index in [9.17, 15) is 4.79 Å². The second-order valence-electron chi connectivity index (χ2n) is 3.84. The summed E-state index contributed by atoms with van der Waals surface area (Å²) in [5.41, 5.74) is 0. The molecular weight excluding hydrogens is 230 g/mol. The van der Waals surface area contributed by atoms with Crippen LogP contribution >= 0.6 is 23.4 Å². The summed E-state index contributed by atoms with van der Waals surface area (Å²) in [5.74, 6) is 2.47. The molecule has 0 saturated carbocycles. The molecule has 1 amide bonds. The van der Waals surface area contributed by atoms with Crippen LogP contribution in [0, 0.1) is 0 Å². The van der Waals surface area contributed by atoms with Gasteiger partial charge in [-0.1, -0.05) is 6.92 Å². The molecule has 0 spiro atoms. The first-order valence-electron chi connectivity index (χ1n) is 5.73. The molecule has 2 nitrogen and oxygen atoms in total. The average molecular weight is 250 g/mol. The molecule has 0 aromatic heterocycles. The molecule has 1 aliphatic heterocycles. The maximum absolute atomic E-state index is 12.0. The predicted molar refractivity (Wildman–Crippen MR) is 67.7 cm³/mol. The van der Waals surface area contributed by atoms with Crippen LogP contribution in [0.15, 0.2) is 0 Å². The first-order chi connectivity index (χ1) is 7.20. The Bertz CT molecular complexity index is 207. The number of halogens is 1. The van der Waals surface area contributed by atoms with E-state index in [1.165, 1.54) is 11.5 Å². The molecular formula is C11H20ClNOS. The van der Waals surface area contributed by atoms with E-state index >= 15 is 0 Å². The van der Waals surface area contributed by atoms with Gasteiger partial charge in [-0.25, -0.2) is 0 Å². The van der Waals surface area contributed by atoms with Gasteiger partial charge in [0.15, 0.2) is 0 Å². The lowest BCUT2D eigenvalue weighted by Crippen LogP contribution is -2.45. The predicted octanol–water partition coefficient (Wildman–Crippen LogP) is 2.75. The molecule has 0 aromatic rings. The molecule has 1 heterocycles. The van der Waals surface area contributed by atoms with E-state index in [1.807, 2.05) is 30.5 Å². The SMILES string of the molecule is CCC(Cl)C(=O)N(CC)C1CCSCC1. The molecule has 88 valence electrons. The minimum Gasteiger partial charge on any atom is -0.339 e. The van der Waals surface area contributed by atoms with Crippen LogP contribution < -0.4 is 0 Å². The van der Waals surface area contributed by atoms with Crippen molar-refractivity contribution >= 4 is 29.3 Å². The lowest BCUT2D eigenvalue weighted by atomic mass is 10.1. The van der Waals surface area contributed by atoms with Gasteiger partial charge in [-0.3, -0.25) is 4.79 Å². The molecule has 0 bridgehead atoms. The van der Waals surface area contributed by atoms with Gasteiger partial charge in [-0.05, 0) is 37.7 Å². The van der Waals surface area contributed by atoms with E-state index in [-0.39, 0.29) is 11.3 Å². The minimum absolute atomic E-state index is 0.124. The molecule has 1 unspecified atom stereocenters. The number of rotatable bonds is 4. The fourth-order valence-corrected chi connectivity index (χ4v) is 3.15. The lowest BCUT2D eigenvalue weighted by Gasteiger charge is -2.34. The van der Waals surface area contributed by atoms with E-state index in [4.69, 9.17) is 11.6 Å². The van der Waals surface area contributed by atoms with Gasteiger partial charge in [-0.2, -0.15) is 11.8 Å². The van der Waals surface area contributed by atoms with E-state index in [1.54, 1.807) is 0 Å². The zero-order valence-corrected chi connectivity index (χ0v) is 11.1. The number of thioether (sulfide) groups is 1. The lowest BCUT2D eigenvalue weighted by molar-refractivity contribution is -0.133. The third kappa shape index (κ3) is 3.56. The Labute approximate surface area is 102 Å². The summed E-state index contributed by atoms with van der Waals surface area (Å²) in [5, 5.41) is -0.334.